The summed E-state index contributed by atoms with van der Waals surface area (Å²) in [4.78, 5) is 12.6. The largest absolute Gasteiger partial charge is 0.493 e. The van der Waals surface area contributed by atoms with Crippen molar-refractivity contribution in [2.75, 3.05) is 26.6 Å². The van der Waals surface area contributed by atoms with Crippen LogP contribution in [0.15, 0.2) is 51.3 Å². The third kappa shape index (κ3) is 3.33. The number of nitrogens with zero attached hydrogens (tertiary/aromatic N) is 2. The smallest absolute Gasteiger partial charge is 0.322 e. The molecule has 0 bridgehead atoms. The van der Waals surface area contributed by atoms with Crippen LogP contribution in [0.1, 0.15) is 10.4 Å². The van der Waals surface area contributed by atoms with Gasteiger partial charge in [0.15, 0.2) is 28.6 Å². The number of anilines is 1. The SMILES string of the molecule is COc1cccc(C(=O)Nc2nnc(-c3cc4cccc(OC)c4o3)o2)c1OC. The second-order valence-electron chi connectivity index (χ2n) is 5.90. The number of rotatable bonds is 6. The van der Waals surface area contributed by atoms with Gasteiger partial charge in [-0.1, -0.05) is 23.3 Å². The highest BCUT2D eigenvalue weighted by Gasteiger charge is 2.20. The predicted molar refractivity (Wildman–Crippen MR) is 104 cm³/mol. The Kier molecular flexibility index (Phi) is 4.78. The molecule has 29 heavy (non-hydrogen) atoms. The molecule has 9 nitrogen and oxygen atoms in total. The van der Waals surface area contributed by atoms with E-state index in [1.165, 1.54) is 14.2 Å². The first-order chi connectivity index (χ1) is 14.1. The van der Waals surface area contributed by atoms with E-state index in [1.807, 2.05) is 12.1 Å². The van der Waals surface area contributed by atoms with E-state index in [9.17, 15) is 4.79 Å². The summed E-state index contributed by atoms with van der Waals surface area (Å²) in [7, 11) is 4.51. The van der Waals surface area contributed by atoms with Crippen molar-refractivity contribution in [2.45, 2.75) is 0 Å². The number of amides is 1. The van der Waals surface area contributed by atoms with Crippen molar-refractivity contribution in [1.29, 1.82) is 0 Å². The van der Waals surface area contributed by atoms with Crippen molar-refractivity contribution in [3.8, 4) is 28.9 Å². The normalized spacial score (nSPS) is 10.7. The van der Waals surface area contributed by atoms with Crippen molar-refractivity contribution >= 4 is 22.9 Å². The fourth-order valence-electron chi connectivity index (χ4n) is 2.91. The number of aromatic nitrogens is 2. The highest BCUT2D eigenvalue weighted by Crippen LogP contribution is 2.34. The molecule has 4 aromatic rings. The highest BCUT2D eigenvalue weighted by molar-refractivity contribution is 6.05. The first-order valence-corrected chi connectivity index (χ1v) is 8.57. The van der Waals surface area contributed by atoms with Gasteiger partial charge in [-0.15, -0.1) is 5.10 Å². The Morgan fingerprint density at radius 3 is 2.45 bits per heavy atom. The van der Waals surface area contributed by atoms with Gasteiger partial charge in [-0.2, -0.15) is 0 Å². The summed E-state index contributed by atoms with van der Waals surface area (Å²) in [5.41, 5.74) is 0.829. The van der Waals surface area contributed by atoms with Crippen LogP contribution in [0.3, 0.4) is 0 Å². The summed E-state index contributed by atoms with van der Waals surface area (Å²) < 4.78 is 27.1. The van der Waals surface area contributed by atoms with Gasteiger partial charge in [-0.3, -0.25) is 10.1 Å². The van der Waals surface area contributed by atoms with Gasteiger partial charge in [0.2, 0.25) is 0 Å². The van der Waals surface area contributed by atoms with Gasteiger partial charge < -0.3 is 23.0 Å². The third-order valence-electron chi connectivity index (χ3n) is 4.23. The molecule has 0 atom stereocenters. The quantitative estimate of drug-likeness (QED) is 0.526. The molecule has 9 heteroatoms. The lowest BCUT2D eigenvalue weighted by Gasteiger charge is -2.11. The molecule has 1 amide bonds. The topological polar surface area (TPSA) is 109 Å². The van der Waals surface area contributed by atoms with Gasteiger partial charge in [0, 0.05) is 5.39 Å². The molecule has 0 fully saturated rings. The molecule has 0 unspecified atom stereocenters. The molecule has 2 aromatic heterocycles. The maximum atomic E-state index is 12.6. The molecule has 2 aromatic carbocycles. The van der Waals surface area contributed by atoms with Crippen LogP contribution in [0.4, 0.5) is 6.01 Å². The molecule has 0 radical (unpaired) electrons. The number of para-hydroxylation sites is 2. The molecular weight excluding hydrogens is 378 g/mol. The Hall–Kier alpha value is -4.01. The molecule has 4 rings (SSSR count). The van der Waals surface area contributed by atoms with Crippen molar-refractivity contribution in [2.24, 2.45) is 0 Å². The van der Waals surface area contributed by atoms with Gasteiger partial charge in [0.25, 0.3) is 11.8 Å². The second-order valence-corrected chi connectivity index (χ2v) is 5.90. The fourth-order valence-corrected chi connectivity index (χ4v) is 2.91. The van der Waals surface area contributed by atoms with Gasteiger partial charge in [0.1, 0.15) is 0 Å². The van der Waals surface area contributed by atoms with Crippen LogP contribution in [0, 0.1) is 0 Å². The molecule has 0 aliphatic heterocycles. The number of fused-ring (bicyclic) bond motifs is 1. The molecule has 0 saturated heterocycles. The molecule has 2 heterocycles. The summed E-state index contributed by atoms with van der Waals surface area (Å²) in [6, 6.07) is 12.1. The maximum Gasteiger partial charge on any atom is 0.322 e. The van der Waals surface area contributed by atoms with Gasteiger partial charge in [-0.25, -0.2) is 0 Å². The highest BCUT2D eigenvalue weighted by atomic mass is 16.5. The Balaban J connectivity index is 1.60. The molecule has 1 N–H and O–H groups in total. The van der Waals surface area contributed by atoms with Crippen LogP contribution >= 0.6 is 0 Å². The summed E-state index contributed by atoms with van der Waals surface area (Å²) >= 11 is 0. The number of furan rings is 1. The van der Waals surface area contributed by atoms with Crippen LogP contribution in [0.25, 0.3) is 22.6 Å². The number of nitrogens with one attached hydrogen (secondary N) is 1. The Labute approximate surface area is 165 Å². The lowest BCUT2D eigenvalue weighted by atomic mass is 10.1. The fraction of sp³-hybridized carbons (Fsp3) is 0.150. The van der Waals surface area contributed by atoms with E-state index in [0.29, 0.717) is 28.6 Å². The van der Waals surface area contributed by atoms with Crippen molar-refractivity contribution < 1.29 is 27.8 Å². The van der Waals surface area contributed by atoms with E-state index in [0.717, 1.165) is 5.39 Å². The number of methoxy groups -OCH3 is 3. The zero-order valence-electron chi connectivity index (χ0n) is 15.9. The zero-order chi connectivity index (χ0) is 20.4. The van der Waals surface area contributed by atoms with E-state index in [4.69, 9.17) is 23.0 Å². The Morgan fingerprint density at radius 1 is 0.931 bits per heavy atom. The minimum absolute atomic E-state index is 0.0812. The third-order valence-corrected chi connectivity index (χ3v) is 4.23. The van der Waals surface area contributed by atoms with Crippen LogP contribution in [-0.2, 0) is 0 Å². The number of hydrogen-bond donors (Lipinski definition) is 1. The van der Waals surface area contributed by atoms with E-state index >= 15 is 0 Å². The van der Waals surface area contributed by atoms with Crippen LogP contribution in [0.5, 0.6) is 17.2 Å². The summed E-state index contributed by atoms with van der Waals surface area (Å²) in [5.74, 6) is 1.32. The summed E-state index contributed by atoms with van der Waals surface area (Å²) in [6.45, 7) is 0. The molecule has 0 saturated carbocycles. The molecule has 0 aliphatic carbocycles. The summed E-state index contributed by atoms with van der Waals surface area (Å²) in [6.07, 6.45) is 0. The predicted octanol–water partition coefficient (Wildman–Crippen LogP) is 3.76. The monoisotopic (exact) mass is 395 g/mol. The lowest BCUT2D eigenvalue weighted by molar-refractivity contribution is 0.102. The van der Waals surface area contributed by atoms with E-state index < -0.39 is 5.91 Å². The Bertz CT molecular complexity index is 1180. The van der Waals surface area contributed by atoms with Gasteiger partial charge in [0.05, 0.1) is 26.9 Å². The minimum atomic E-state index is -0.484. The van der Waals surface area contributed by atoms with Crippen LogP contribution < -0.4 is 19.5 Å². The van der Waals surface area contributed by atoms with E-state index in [-0.39, 0.29) is 17.5 Å². The Morgan fingerprint density at radius 2 is 1.69 bits per heavy atom. The summed E-state index contributed by atoms with van der Waals surface area (Å²) in [5, 5.41) is 11.2. The number of hydrogen-bond acceptors (Lipinski definition) is 8. The first-order valence-electron chi connectivity index (χ1n) is 8.57. The first kappa shape index (κ1) is 18.4. The van der Waals surface area contributed by atoms with Crippen LogP contribution in [-0.4, -0.2) is 37.4 Å². The second kappa shape index (κ2) is 7.55. The molecule has 0 spiro atoms. The minimum Gasteiger partial charge on any atom is -0.493 e. The van der Waals surface area contributed by atoms with E-state index in [1.54, 1.807) is 37.4 Å². The number of carbonyl (C=O) groups excluding carboxylic acids is 1. The number of benzene rings is 2. The standard InChI is InChI=1S/C20H17N3O6/c1-25-13-8-4-6-11-10-15(28-16(11)13)19-22-23-20(29-19)21-18(24)12-7-5-9-14(26-2)17(12)27-3/h4-10H,1-3H3,(H,21,23,24). The van der Waals surface area contributed by atoms with Crippen molar-refractivity contribution in [1.82, 2.24) is 10.2 Å². The number of ether oxygens (including phenoxy) is 3. The van der Waals surface area contributed by atoms with Crippen molar-refractivity contribution in [3.63, 3.8) is 0 Å². The van der Waals surface area contributed by atoms with Crippen molar-refractivity contribution in [3.05, 3.63) is 48.0 Å². The molecular formula is C20H17N3O6. The number of carbonyl (C=O) groups is 1. The molecule has 0 aliphatic rings. The van der Waals surface area contributed by atoms with Crippen LogP contribution in [0.2, 0.25) is 0 Å². The van der Waals surface area contributed by atoms with Gasteiger partial charge in [-0.05, 0) is 24.3 Å². The average Bonchev–Trinajstić information content (AvgIpc) is 3.39. The van der Waals surface area contributed by atoms with E-state index in [2.05, 4.69) is 15.5 Å². The zero-order valence-corrected chi connectivity index (χ0v) is 15.9. The van der Waals surface area contributed by atoms with Gasteiger partial charge >= 0.3 is 6.01 Å². The maximum absolute atomic E-state index is 12.6. The lowest BCUT2D eigenvalue weighted by Crippen LogP contribution is -2.13. The molecule has 148 valence electrons. The average molecular weight is 395 g/mol.